The third-order valence-electron chi connectivity index (χ3n) is 4.56. The fraction of sp³-hybridized carbons (Fsp3) is 0.368. The number of hydrogen-bond acceptors (Lipinski definition) is 3. The van der Waals surface area contributed by atoms with Crippen molar-refractivity contribution in [3.63, 3.8) is 0 Å². The number of alkyl carbamates (subject to hydrolysis) is 1. The van der Waals surface area contributed by atoms with E-state index in [1.165, 1.54) is 11.1 Å². The monoisotopic (exact) mass is 326 g/mol. The zero-order valence-corrected chi connectivity index (χ0v) is 13.7. The zero-order valence-electron chi connectivity index (χ0n) is 13.7. The van der Waals surface area contributed by atoms with Crippen LogP contribution in [0.3, 0.4) is 0 Å². The van der Waals surface area contributed by atoms with E-state index in [9.17, 15) is 9.59 Å². The Morgan fingerprint density at radius 2 is 1.83 bits per heavy atom. The van der Waals surface area contributed by atoms with Crippen LogP contribution in [0.1, 0.15) is 29.9 Å². The van der Waals surface area contributed by atoms with Gasteiger partial charge in [-0.25, -0.2) is 4.79 Å². The number of carbonyl (C=O) groups is 2. The van der Waals surface area contributed by atoms with Gasteiger partial charge in [0, 0.05) is 18.4 Å². The molecule has 0 fully saturated rings. The molecule has 1 aromatic rings. The van der Waals surface area contributed by atoms with E-state index in [0.717, 1.165) is 0 Å². The molecule has 126 valence electrons. The van der Waals surface area contributed by atoms with Crippen molar-refractivity contribution in [1.82, 2.24) is 10.6 Å². The molecule has 0 saturated carbocycles. The van der Waals surface area contributed by atoms with Gasteiger partial charge in [0.1, 0.15) is 6.61 Å². The van der Waals surface area contributed by atoms with Crippen LogP contribution in [0.2, 0.25) is 0 Å². The van der Waals surface area contributed by atoms with E-state index < -0.39 is 6.09 Å². The Balaban J connectivity index is 1.61. The topological polar surface area (TPSA) is 67.4 Å². The second-order valence-electron chi connectivity index (χ2n) is 6.01. The van der Waals surface area contributed by atoms with Gasteiger partial charge in [-0.15, -0.1) is 0 Å². The first kappa shape index (κ1) is 16.3. The van der Waals surface area contributed by atoms with Crippen molar-refractivity contribution in [2.45, 2.75) is 18.8 Å². The molecule has 2 N–H and O–H groups in total. The average Bonchev–Trinajstić information content (AvgIpc) is 2.92. The highest BCUT2D eigenvalue weighted by Gasteiger charge is 2.39. The Morgan fingerprint density at radius 3 is 2.62 bits per heavy atom. The normalized spacial score (nSPS) is 23.3. The predicted octanol–water partition coefficient (Wildman–Crippen LogP) is 2.47. The molecule has 3 rings (SSSR count). The Hall–Kier alpha value is -2.56. The van der Waals surface area contributed by atoms with Crippen LogP contribution in [-0.2, 0) is 9.53 Å². The van der Waals surface area contributed by atoms with Crippen molar-refractivity contribution in [3.8, 4) is 0 Å². The van der Waals surface area contributed by atoms with Crippen molar-refractivity contribution in [2.24, 2.45) is 5.92 Å². The zero-order chi connectivity index (χ0) is 16.9. The molecule has 2 unspecified atom stereocenters. The minimum Gasteiger partial charge on any atom is -0.449 e. The third-order valence-corrected chi connectivity index (χ3v) is 4.56. The molecule has 0 radical (unpaired) electrons. The summed E-state index contributed by atoms with van der Waals surface area (Å²) in [5.41, 5.74) is 2.54. The maximum absolute atomic E-state index is 11.8. The SMILES string of the molecule is CCNC(=O)CNC(=O)OC[C@@H]1c2ccccc2C2C=CC=CC21. The molecule has 0 saturated heterocycles. The van der Waals surface area contributed by atoms with Gasteiger partial charge in [0.15, 0.2) is 0 Å². The lowest BCUT2D eigenvalue weighted by atomic mass is 9.84. The summed E-state index contributed by atoms with van der Waals surface area (Å²) in [5.74, 6) is 0.575. The molecule has 0 heterocycles. The molecule has 1 aromatic carbocycles. The minimum atomic E-state index is -0.558. The predicted molar refractivity (Wildman–Crippen MR) is 91.7 cm³/mol. The smallest absolute Gasteiger partial charge is 0.407 e. The largest absolute Gasteiger partial charge is 0.449 e. The van der Waals surface area contributed by atoms with Gasteiger partial charge in [0.25, 0.3) is 0 Å². The van der Waals surface area contributed by atoms with Gasteiger partial charge >= 0.3 is 6.09 Å². The summed E-state index contributed by atoms with van der Waals surface area (Å²) in [5, 5.41) is 5.10. The highest BCUT2D eigenvalue weighted by molar-refractivity contribution is 5.82. The first-order valence-corrected chi connectivity index (χ1v) is 8.32. The molecule has 2 amide bonds. The molecular weight excluding hydrogens is 304 g/mol. The van der Waals surface area contributed by atoms with E-state index in [-0.39, 0.29) is 18.4 Å². The first-order chi connectivity index (χ1) is 11.7. The van der Waals surface area contributed by atoms with Gasteiger partial charge in [-0.1, -0.05) is 48.6 Å². The number of likely N-dealkylation sites (N-methyl/N-ethyl adjacent to an activating group) is 1. The van der Waals surface area contributed by atoms with Gasteiger partial charge in [-0.3, -0.25) is 4.79 Å². The summed E-state index contributed by atoms with van der Waals surface area (Å²) in [6.45, 7) is 2.61. The minimum absolute atomic E-state index is 0.0668. The number of rotatable bonds is 5. The quantitative estimate of drug-likeness (QED) is 0.873. The molecule has 2 aliphatic carbocycles. The molecular formula is C19H22N2O3. The fourth-order valence-corrected chi connectivity index (χ4v) is 3.51. The van der Waals surface area contributed by atoms with E-state index in [1.807, 2.05) is 19.1 Å². The molecule has 0 spiro atoms. The van der Waals surface area contributed by atoms with Crippen LogP contribution >= 0.6 is 0 Å². The van der Waals surface area contributed by atoms with Crippen molar-refractivity contribution >= 4 is 12.0 Å². The maximum atomic E-state index is 11.8. The van der Waals surface area contributed by atoms with Crippen LogP contribution in [0, 0.1) is 5.92 Å². The van der Waals surface area contributed by atoms with Gasteiger partial charge in [0.2, 0.25) is 5.91 Å². The molecule has 0 bridgehead atoms. The van der Waals surface area contributed by atoms with Gasteiger partial charge in [-0.05, 0) is 24.0 Å². The van der Waals surface area contributed by atoms with Gasteiger partial charge < -0.3 is 15.4 Å². The Labute approximate surface area is 141 Å². The highest BCUT2D eigenvalue weighted by atomic mass is 16.5. The van der Waals surface area contributed by atoms with Gasteiger partial charge in [0.05, 0.1) is 6.54 Å². The standard InChI is InChI=1S/C19H22N2O3/c1-2-20-18(22)11-21-19(23)24-12-17-15-9-5-3-7-13(15)14-8-4-6-10-16(14)17/h3-10,13,15,17H,2,11-12H2,1H3,(H,20,22)(H,21,23)/t13?,15?,17-/m0/s1. The lowest BCUT2D eigenvalue weighted by Gasteiger charge is -2.22. The van der Waals surface area contributed by atoms with Crippen molar-refractivity contribution in [3.05, 3.63) is 59.7 Å². The van der Waals surface area contributed by atoms with Crippen LogP contribution in [0.25, 0.3) is 0 Å². The number of nitrogens with one attached hydrogen (secondary N) is 2. The number of fused-ring (bicyclic) bond motifs is 3. The van der Waals surface area contributed by atoms with Crippen molar-refractivity contribution < 1.29 is 14.3 Å². The molecule has 24 heavy (non-hydrogen) atoms. The summed E-state index contributed by atoms with van der Waals surface area (Å²) >= 11 is 0. The second kappa shape index (κ2) is 7.34. The maximum Gasteiger partial charge on any atom is 0.407 e. The Kier molecular flexibility index (Phi) is 4.99. The number of amides is 2. The van der Waals surface area contributed by atoms with Crippen LogP contribution in [-0.4, -0.2) is 31.7 Å². The second-order valence-corrected chi connectivity index (χ2v) is 6.01. The molecule has 0 aromatic heterocycles. The van der Waals surface area contributed by atoms with E-state index in [2.05, 4.69) is 47.1 Å². The third kappa shape index (κ3) is 3.35. The molecule has 5 nitrogen and oxygen atoms in total. The number of allylic oxidation sites excluding steroid dienone is 4. The van der Waals surface area contributed by atoms with E-state index in [0.29, 0.717) is 25.0 Å². The van der Waals surface area contributed by atoms with Crippen LogP contribution in [0.5, 0.6) is 0 Å². The fourth-order valence-electron chi connectivity index (χ4n) is 3.51. The molecule has 5 heteroatoms. The van der Waals surface area contributed by atoms with E-state index in [4.69, 9.17) is 4.74 Å². The highest BCUT2D eigenvalue weighted by Crippen LogP contribution is 2.49. The summed E-state index contributed by atoms with van der Waals surface area (Å²) in [6.07, 6.45) is 7.96. The number of hydrogen-bond donors (Lipinski definition) is 2. The Morgan fingerprint density at radius 1 is 1.08 bits per heavy atom. The molecule has 2 aliphatic rings. The van der Waals surface area contributed by atoms with Gasteiger partial charge in [-0.2, -0.15) is 0 Å². The summed E-state index contributed by atoms with van der Waals surface area (Å²) in [6, 6.07) is 8.32. The van der Waals surface area contributed by atoms with E-state index in [1.54, 1.807) is 0 Å². The molecule has 0 aliphatic heterocycles. The first-order valence-electron chi connectivity index (χ1n) is 8.32. The van der Waals surface area contributed by atoms with Crippen LogP contribution < -0.4 is 10.6 Å². The average molecular weight is 326 g/mol. The number of carbonyl (C=O) groups excluding carboxylic acids is 2. The van der Waals surface area contributed by atoms with Crippen molar-refractivity contribution in [2.75, 3.05) is 19.7 Å². The summed E-state index contributed by atoms with van der Waals surface area (Å²) < 4.78 is 5.37. The van der Waals surface area contributed by atoms with E-state index >= 15 is 0 Å². The summed E-state index contributed by atoms with van der Waals surface area (Å²) in [7, 11) is 0. The summed E-state index contributed by atoms with van der Waals surface area (Å²) in [4.78, 5) is 23.2. The lowest BCUT2D eigenvalue weighted by molar-refractivity contribution is -0.120. The Bertz CT molecular complexity index is 681. The number of ether oxygens (including phenoxy) is 1. The van der Waals surface area contributed by atoms with Crippen molar-refractivity contribution in [1.29, 1.82) is 0 Å². The number of benzene rings is 1. The molecule has 3 atom stereocenters. The van der Waals surface area contributed by atoms with Crippen LogP contribution in [0.15, 0.2) is 48.6 Å². The van der Waals surface area contributed by atoms with Crippen LogP contribution in [0.4, 0.5) is 4.79 Å². The lowest BCUT2D eigenvalue weighted by Crippen LogP contribution is -2.37.